The Morgan fingerprint density at radius 3 is 2.40 bits per heavy atom. The highest BCUT2D eigenvalue weighted by Crippen LogP contribution is 2.24. The fraction of sp³-hybridized carbons (Fsp3) is 0.133. The van der Waals surface area contributed by atoms with Gasteiger partial charge in [0.15, 0.2) is 6.10 Å². The van der Waals surface area contributed by atoms with E-state index < -0.39 is 6.10 Å². The number of benzene rings is 2. The lowest BCUT2D eigenvalue weighted by Gasteiger charge is -2.15. The molecule has 0 aliphatic heterocycles. The monoisotopic (exact) mass is 309 g/mol. The normalized spacial score (nSPS) is 11.8. The zero-order chi connectivity index (χ0) is 14.5. The van der Waals surface area contributed by atoms with Crippen LogP contribution in [0.4, 0.5) is 5.69 Å². The van der Waals surface area contributed by atoms with Gasteiger partial charge in [0.25, 0.3) is 5.91 Å². The molecule has 2 rings (SSSR count). The van der Waals surface area contributed by atoms with E-state index in [-0.39, 0.29) is 5.91 Å². The molecule has 5 heteroatoms. The van der Waals surface area contributed by atoms with Crippen molar-refractivity contribution in [2.24, 2.45) is 0 Å². The zero-order valence-electron chi connectivity index (χ0n) is 10.8. The molecule has 104 valence electrons. The van der Waals surface area contributed by atoms with Crippen LogP contribution in [0.15, 0.2) is 48.5 Å². The van der Waals surface area contributed by atoms with E-state index in [9.17, 15) is 4.79 Å². The van der Waals surface area contributed by atoms with Gasteiger partial charge in [-0.25, -0.2) is 0 Å². The number of carbonyl (C=O) groups is 1. The van der Waals surface area contributed by atoms with Gasteiger partial charge in [-0.05, 0) is 43.3 Å². The molecule has 0 saturated heterocycles. The van der Waals surface area contributed by atoms with Crippen LogP contribution in [0.3, 0.4) is 0 Å². The number of anilines is 1. The van der Waals surface area contributed by atoms with Gasteiger partial charge in [-0.1, -0.05) is 35.3 Å². The molecule has 0 aliphatic rings. The van der Waals surface area contributed by atoms with E-state index in [1.54, 1.807) is 55.5 Å². The minimum absolute atomic E-state index is 0.257. The molecule has 0 fully saturated rings. The van der Waals surface area contributed by atoms with Crippen LogP contribution in [0, 0.1) is 0 Å². The second-order valence-corrected chi connectivity index (χ2v) is 5.03. The Kier molecular flexibility index (Phi) is 4.88. The van der Waals surface area contributed by atoms with Crippen LogP contribution < -0.4 is 10.1 Å². The van der Waals surface area contributed by atoms with E-state index in [1.165, 1.54) is 0 Å². The van der Waals surface area contributed by atoms with Crippen molar-refractivity contribution in [1.29, 1.82) is 0 Å². The van der Waals surface area contributed by atoms with Crippen LogP contribution in [0.1, 0.15) is 6.92 Å². The van der Waals surface area contributed by atoms with Crippen LogP contribution in [0.25, 0.3) is 0 Å². The van der Waals surface area contributed by atoms with Crippen LogP contribution in [-0.4, -0.2) is 12.0 Å². The van der Waals surface area contributed by atoms with Gasteiger partial charge in [0, 0.05) is 10.7 Å². The second kappa shape index (κ2) is 6.64. The molecule has 20 heavy (non-hydrogen) atoms. The molecule has 0 aliphatic carbocycles. The summed E-state index contributed by atoms with van der Waals surface area (Å²) >= 11 is 11.8. The van der Waals surface area contributed by atoms with Gasteiger partial charge < -0.3 is 10.1 Å². The molecule has 0 radical (unpaired) electrons. The predicted molar refractivity (Wildman–Crippen MR) is 81.6 cm³/mol. The number of amides is 1. The Labute approximate surface area is 127 Å². The topological polar surface area (TPSA) is 38.3 Å². The molecule has 0 aromatic heterocycles. The van der Waals surface area contributed by atoms with E-state index in [0.717, 1.165) is 0 Å². The largest absolute Gasteiger partial charge is 0.479 e. The summed E-state index contributed by atoms with van der Waals surface area (Å²) in [5.74, 6) is 0.222. The smallest absolute Gasteiger partial charge is 0.265 e. The van der Waals surface area contributed by atoms with Crippen molar-refractivity contribution >= 4 is 34.8 Å². The minimum Gasteiger partial charge on any atom is -0.479 e. The summed E-state index contributed by atoms with van der Waals surface area (Å²) in [6, 6.07) is 13.9. The molecule has 2 aromatic carbocycles. The lowest BCUT2D eigenvalue weighted by molar-refractivity contribution is -0.122. The Morgan fingerprint density at radius 1 is 1.10 bits per heavy atom. The lowest BCUT2D eigenvalue weighted by atomic mass is 10.3. The minimum atomic E-state index is -0.662. The summed E-state index contributed by atoms with van der Waals surface area (Å²) in [4.78, 5) is 12.0. The molecule has 2 aromatic rings. The number of carbonyl (C=O) groups excluding carboxylic acids is 1. The molecule has 0 saturated carbocycles. The fourth-order valence-electron chi connectivity index (χ4n) is 1.56. The van der Waals surface area contributed by atoms with E-state index in [2.05, 4.69) is 5.32 Å². The van der Waals surface area contributed by atoms with Crippen molar-refractivity contribution in [2.75, 3.05) is 5.32 Å². The first-order valence-electron chi connectivity index (χ1n) is 6.04. The average molecular weight is 310 g/mol. The van der Waals surface area contributed by atoms with Crippen LogP contribution in [0.5, 0.6) is 5.75 Å². The van der Waals surface area contributed by atoms with Gasteiger partial charge in [0.05, 0.1) is 5.02 Å². The number of rotatable bonds is 4. The number of ether oxygens (including phenoxy) is 1. The van der Waals surface area contributed by atoms with E-state index in [1.807, 2.05) is 0 Å². The SMILES string of the molecule is C[C@@H](Oc1ccccc1Cl)C(=O)Nc1ccc(Cl)cc1. The van der Waals surface area contributed by atoms with Crippen molar-refractivity contribution in [2.45, 2.75) is 13.0 Å². The van der Waals surface area contributed by atoms with E-state index in [0.29, 0.717) is 21.5 Å². The molecule has 1 atom stereocenters. The molecular formula is C15H13Cl2NO2. The third-order valence-electron chi connectivity index (χ3n) is 2.62. The summed E-state index contributed by atoms with van der Waals surface area (Å²) in [5.41, 5.74) is 0.661. The highest BCUT2D eigenvalue weighted by molar-refractivity contribution is 6.32. The zero-order valence-corrected chi connectivity index (χ0v) is 12.3. The number of hydrogen-bond donors (Lipinski definition) is 1. The Balaban J connectivity index is 1.99. The molecule has 1 amide bonds. The highest BCUT2D eigenvalue weighted by atomic mass is 35.5. The Hall–Kier alpha value is -1.71. The number of para-hydroxylation sites is 1. The van der Waals surface area contributed by atoms with Crippen LogP contribution in [0.2, 0.25) is 10.0 Å². The van der Waals surface area contributed by atoms with Gasteiger partial charge in [-0.15, -0.1) is 0 Å². The second-order valence-electron chi connectivity index (χ2n) is 4.19. The van der Waals surface area contributed by atoms with Crippen molar-refractivity contribution in [3.05, 3.63) is 58.6 Å². The first kappa shape index (κ1) is 14.7. The number of nitrogens with one attached hydrogen (secondary N) is 1. The summed E-state index contributed by atoms with van der Waals surface area (Å²) in [6.45, 7) is 1.66. The molecule has 0 heterocycles. The van der Waals surface area contributed by atoms with Gasteiger partial charge in [0.2, 0.25) is 0 Å². The molecule has 3 nitrogen and oxygen atoms in total. The Bertz CT molecular complexity index is 599. The quantitative estimate of drug-likeness (QED) is 0.909. The summed E-state index contributed by atoms with van der Waals surface area (Å²) in [5, 5.41) is 3.83. The number of hydrogen-bond acceptors (Lipinski definition) is 2. The van der Waals surface area contributed by atoms with E-state index >= 15 is 0 Å². The molecule has 0 bridgehead atoms. The van der Waals surface area contributed by atoms with Crippen LogP contribution in [-0.2, 0) is 4.79 Å². The lowest BCUT2D eigenvalue weighted by Crippen LogP contribution is -2.30. The maximum absolute atomic E-state index is 12.0. The van der Waals surface area contributed by atoms with Gasteiger partial charge in [-0.3, -0.25) is 4.79 Å². The molecule has 1 N–H and O–H groups in total. The third-order valence-corrected chi connectivity index (χ3v) is 3.19. The predicted octanol–water partition coefficient (Wildman–Crippen LogP) is 4.40. The maximum atomic E-state index is 12.0. The van der Waals surface area contributed by atoms with E-state index in [4.69, 9.17) is 27.9 Å². The standard InChI is InChI=1S/C15H13Cl2NO2/c1-10(20-14-5-3-2-4-13(14)17)15(19)18-12-8-6-11(16)7-9-12/h2-10H,1H3,(H,18,19)/t10-/m1/s1. The van der Waals surface area contributed by atoms with Crippen molar-refractivity contribution < 1.29 is 9.53 Å². The van der Waals surface area contributed by atoms with Gasteiger partial charge in [-0.2, -0.15) is 0 Å². The summed E-state index contributed by atoms with van der Waals surface area (Å²) < 4.78 is 5.53. The first-order chi connectivity index (χ1) is 9.56. The fourth-order valence-corrected chi connectivity index (χ4v) is 1.87. The van der Waals surface area contributed by atoms with Gasteiger partial charge >= 0.3 is 0 Å². The third kappa shape index (κ3) is 3.89. The van der Waals surface area contributed by atoms with Crippen molar-refractivity contribution in [1.82, 2.24) is 0 Å². The number of halogens is 2. The molecule has 0 unspecified atom stereocenters. The average Bonchev–Trinajstić information content (AvgIpc) is 2.44. The molecule has 0 spiro atoms. The van der Waals surface area contributed by atoms with Crippen molar-refractivity contribution in [3.8, 4) is 5.75 Å². The summed E-state index contributed by atoms with van der Waals surface area (Å²) in [6.07, 6.45) is -0.662. The Morgan fingerprint density at radius 2 is 1.75 bits per heavy atom. The van der Waals surface area contributed by atoms with Crippen molar-refractivity contribution in [3.63, 3.8) is 0 Å². The molecular weight excluding hydrogens is 297 g/mol. The first-order valence-corrected chi connectivity index (χ1v) is 6.79. The van der Waals surface area contributed by atoms with Gasteiger partial charge in [0.1, 0.15) is 5.75 Å². The summed E-state index contributed by atoms with van der Waals surface area (Å²) in [7, 11) is 0. The van der Waals surface area contributed by atoms with Crippen LogP contribution >= 0.6 is 23.2 Å². The highest BCUT2D eigenvalue weighted by Gasteiger charge is 2.16. The maximum Gasteiger partial charge on any atom is 0.265 e.